The molecule has 1 aliphatic carbocycles. The molecule has 45 heavy (non-hydrogen) atoms. The Labute approximate surface area is 264 Å². The lowest BCUT2D eigenvalue weighted by molar-refractivity contribution is -0.150. The Bertz CT molecular complexity index is 1720. The summed E-state index contributed by atoms with van der Waals surface area (Å²) in [5.41, 5.74) is 4.22. The Morgan fingerprint density at radius 2 is 1.47 bits per heavy atom. The Kier molecular flexibility index (Phi) is 7.30. The summed E-state index contributed by atoms with van der Waals surface area (Å²) in [5.74, 6) is -0.466. The van der Waals surface area contributed by atoms with Crippen molar-refractivity contribution >= 4 is 23.4 Å². The molecular weight excluding hydrogens is 562 g/mol. The molecule has 2 aliphatic heterocycles. The second kappa shape index (κ2) is 11.3. The molecule has 3 aromatic carbocycles. The van der Waals surface area contributed by atoms with Crippen LogP contribution < -0.4 is 5.32 Å². The minimum Gasteiger partial charge on any atom is -0.341 e. The highest BCUT2D eigenvalue weighted by molar-refractivity contribution is 5.97. The van der Waals surface area contributed by atoms with E-state index in [0.717, 1.165) is 29.7 Å². The second-order valence-electron chi connectivity index (χ2n) is 13.8. The summed E-state index contributed by atoms with van der Waals surface area (Å²) >= 11 is 0. The van der Waals surface area contributed by atoms with Gasteiger partial charge in [0.25, 0.3) is 5.91 Å². The lowest BCUT2D eigenvalue weighted by Crippen LogP contribution is -2.64. The van der Waals surface area contributed by atoms with Gasteiger partial charge in [-0.05, 0) is 47.1 Å². The van der Waals surface area contributed by atoms with Gasteiger partial charge in [0.2, 0.25) is 11.8 Å². The van der Waals surface area contributed by atoms with E-state index in [1.54, 1.807) is 22.0 Å². The summed E-state index contributed by atoms with van der Waals surface area (Å²) in [6.45, 7) is 6.53. The van der Waals surface area contributed by atoms with Gasteiger partial charge in [-0.1, -0.05) is 86.6 Å². The zero-order chi connectivity index (χ0) is 31.2. The quantitative estimate of drug-likeness (QED) is 0.304. The maximum absolute atomic E-state index is 14.0. The van der Waals surface area contributed by atoms with Crippen molar-refractivity contribution < 1.29 is 14.4 Å². The van der Waals surface area contributed by atoms with Gasteiger partial charge < -0.3 is 15.1 Å². The van der Waals surface area contributed by atoms with Gasteiger partial charge in [-0.2, -0.15) is 5.10 Å². The first kappa shape index (κ1) is 29.0. The first-order valence-corrected chi connectivity index (χ1v) is 15.8. The SMILES string of the molecule is CC1(C)C[C@@H]1C(=O)N1CC2(CN(C(=O)c3cnn(Cc4ccccc4)c3)C[C@H]2C(=O)Nc2cccc(Cc3ccccc3)c2)C1. The number of amides is 3. The molecule has 1 saturated carbocycles. The van der Waals surface area contributed by atoms with E-state index in [-0.39, 0.29) is 29.1 Å². The number of carbonyl (C=O) groups is 3. The van der Waals surface area contributed by atoms with Crippen molar-refractivity contribution in [2.24, 2.45) is 22.7 Å². The van der Waals surface area contributed by atoms with Crippen LogP contribution in [-0.2, 0) is 22.6 Å². The number of likely N-dealkylation sites (tertiary alicyclic amines) is 2. The number of benzene rings is 3. The molecule has 8 heteroatoms. The van der Waals surface area contributed by atoms with Crippen molar-refractivity contribution in [3.05, 3.63) is 120 Å². The van der Waals surface area contributed by atoms with E-state index in [1.165, 1.54) is 5.56 Å². The van der Waals surface area contributed by atoms with Crippen LogP contribution >= 0.6 is 0 Å². The lowest BCUT2D eigenvalue weighted by Gasteiger charge is -2.50. The van der Waals surface area contributed by atoms with E-state index in [0.29, 0.717) is 38.3 Å². The summed E-state index contributed by atoms with van der Waals surface area (Å²) in [6, 6.07) is 28.2. The first-order chi connectivity index (χ1) is 21.7. The van der Waals surface area contributed by atoms with E-state index in [2.05, 4.69) is 42.5 Å². The number of nitrogens with zero attached hydrogens (tertiary/aromatic N) is 4. The molecule has 230 valence electrons. The summed E-state index contributed by atoms with van der Waals surface area (Å²) < 4.78 is 1.77. The van der Waals surface area contributed by atoms with Crippen LogP contribution in [0, 0.1) is 22.7 Å². The van der Waals surface area contributed by atoms with E-state index < -0.39 is 11.3 Å². The van der Waals surface area contributed by atoms with Crippen molar-refractivity contribution in [2.75, 3.05) is 31.5 Å². The minimum atomic E-state index is -0.476. The highest BCUT2D eigenvalue weighted by Gasteiger charge is 2.61. The highest BCUT2D eigenvalue weighted by Crippen LogP contribution is 2.54. The van der Waals surface area contributed by atoms with Crippen LogP contribution in [0.4, 0.5) is 5.69 Å². The standard InChI is InChI=1S/C37H39N5O3/c1-36(2)18-31(36)35(45)41-24-37(25-41)23-40(34(44)29-19-38-42(21-29)20-27-12-7-4-8-13-27)22-32(37)33(43)39-30-15-9-14-28(17-30)16-26-10-5-3-6-11-26/h3-15,17,19,21,31-32H,16,18,20,22-25H2,1-2H3,(H,39,43)/t31-,32+/m1/s1. The molecule has 3 aliphatic rings. The maximum Gasteiger partial charge on any atom is 0.257 e. The molecule has 3 heterocycles. The third-order valence-electron chi connectivity index (χ3n) is 9.90. The van der Waals surface area contributed by atoms with Gasteiger partial charge in [-0.15, -0.1) is 0 Å². The van der Waals surface area contributed by atoms with Crippen LogP contribution in [0.5, 0.6) is 0 Å². The van der Waals surface area contributed by atoms with Gasteiger partial charge in [0.1, 0.15) is 0 Å². The Morgan fingerprint density at radius 1 is 0.822 bits per heavy atom. The fraction of sp³-hybridized carbons (Fsp3) is 0.351. The molecule has 1 aromatic heterocycles. The summed E-state index contributed by atoms with van der Waals surface area (Å²) in [6.07, 6.45) is 5.05. The molecule has 2 atom stereocenters. The van der Waals surface area contributed by atoms with Crippen molar-refractivity contribution in [1.29, 1.82) is 0 Å². The number of carbonyl (C=O) groups excluding carboxylic acids is 3. The molecule has 1 N–H and O–H groups in total. The molecule has 8 nitrogen and oxygen atoms in total. The molecular formula is C37H39N5O3. The van der Waals surface area contributed by atoms with Crippen molar-refractivity contribution in [2.45, 2.75) is 33.2 Å². The fourth-order valence-electron chi connectivity index (χ4n) is 7.12. The zero-order valence-corrected chi connectivity index (χ0v) is 25.9. The fourth-order valence-corrected chi connectivity index (χ4v) is 7.12. The molecule has 4 aromatic rings. The molecule has 3 amide bonds. The number of anilines is 1. The van der Waals surface area contributed by atoms with Crippen LogP contribution in [0.3, 0.4) is 0 Å². The first-order valence-electron chi connectivity index (χ1n) is 15.8. The van der Waals surface area contributed by atoms with E-state index in [1.807, 2.05) is 71.6 Å². The maximum atomic E-state index is 14.0. The number of nitrogens with one attached hydrogen (secondary N) is 1. The molecule has 0 unspecified atom stereocenters. The van der Waals surface area contributed by atoms with Gasteiger partial charge in [0.05, 0.1) is 24.2 Å². The largest absolute Gasteiger partial charge is 0.341 e. The van der Waals surface area contributed by atoms with E-state index in [4.69, 9.17) is 0 Å². The van der Waals surface area contributed by atoms with Crippen LogP contribution in [0.2, 0.25) is 0 Å². The van der Waals surface area contributed by atoms with Crippen molar-refractivity contribution in [3.63, 3.8) is 0 Å². The average molecular weight is 602 g/mol. The van der Waals surface area contributed by atoms with Gasteiger partial charge in [-0.25, -0.2) is 0 Å². The highest BCUT2D eigenvalue weighted by atomic mass is 16.2. The summed E-state index contributed by atoms with van der Waals surface area (Å²) in [4.78, 5) is 44.6. The summed E-state index contributed by atoms with van der Waals surface area (Å²) in [5, 5.41) is 7.59. The van der Waals surface area contributed by atoms with Crippen LogP contribution in [0.15, 0.2) is 97.3 Å². The number of rotatable bonds is 8. The topological polar surface area (TPSA) is 87.5 Å². The van der Waals surface area contributed by atoms with Crippen LogP contribution in [0.25, 0.3) is 0 Å². The predicted molar refractivity (Wildman–Crippen MR) is 172 cm³/mol. The Hall–Kier alpha value is -4.72. The van der Waals surface area contributed by atoms with Crippen molar-refractivity contribution in [1.82, 2.24) is 19.6 Å². The van der Waals surface area contributed by atoms with Crippen molar-refractivity contribution in [3.8, 4) is 0 Å². The second-order valence-corrected chi connectivity index (χ2v) is 13.8. The van der Waals surface area contributed by atoms with Crippen LogP contribution in [-0.4, -0.2) is 63.5 Å². The van der Waals surface area contributed by atoms with E-state index >= 15 is 0 Å². The lowest BCUT2D eigenvalue weighted by atomic mass is 9.71. The molecule has 3 fully saturated rings. The minimum absolute atomic E-state index is 0.0406. The normalized spacial score (nSPS) is 20.9. The Morgan fingerprint density at radius 3 is 2.16 bits per heavy atom. The van der Waals surface area contributed by atoms with Gasteiger partial charge in [0.15, 0.2) is 0 Å². The van der Waals surface area contributed by atoms with Gasteiger partial charge in [0, 0.05) is 49.4 Å². The third-order valence-corrected chi connectivity index (χ3v) is 9.90. The molecule has 2 saturated heterocycles. The monoisotopic (exact) mass is 601 g/mol. The number of hydrogen-bond acceptors (Lipinski definition) is 4. The molecule has 0 radical (unpaired) electrons. The molecule has 0 bridgehead atoms. The van der Waals surface area contributed by atoms with Gasteiger partial charge in [-0.3, -0.25) is 19.1 Å². The van der Waals surface area contributed by atoms with Gasteiger partial charge >= 0.3 is 0 Å². The number of aromatic nitrogens is 2. The smallest absolute Gasteiger partial charge is 0.257 e. The number of hydrogen-bond donors (Lipinski definition) is 1. The molecule has 1 spiro atoms. The van der Waals surface area contributed by atoms with E-state index in [9.17, 15) is 14.4 Å². The Balaban J connectivity index is 1.08. The summed E-state index contributed by atoms with van der Waals surface area (Å²) in [7, 11) is 0. The average Bonchev–Trinajstić information content (AvgIpc) is 3.33. The predicted octanol–water partition coefficient (Wildman–Crippen LogP) is 5.11. The molecule has 7 rings (SSSR count). The third kappa shape index (κ3) is 5.89. The zero-order valence-electron chi connectivity index (χ0n) is 25.9. The van der Waals surface area contributed by atoms with Crippen LogP contribution in [0.1, 0.15) is 47.3 Å².